The zero-order valence-corrected chi connectivity index (χ0v) is 25.9. The quantitative estimate of drug-likeness (QED) is 0.208. The number of fused-ring (bicyclic) bond motifs is 12. The highest BCUT2D eigenvalue weighted by Crippen LogP contribution is 2.49. The number of rotatable bonds is 2. The van der Waals surface area contributed by atoms with Crippen molar-refractivity contribution in [2.24, 2.45) is 4.99 Å². The standard InChI is InChI=1S/C44H28N4/c1-2-13-27(14-3-1)42-33-18-4-8-21-37(33)45-44(46-42)48-40-24-11-7-17-30(40)36-25-34-32-20-12-19-31-28-15-5-9-22-38(28)47(43(31)32)39-23-10-6-16-29(39)35(34)26-41(36)48/h1-26,44,46H. The van der Waals surface area contributed by atoms with Gasteiger partial charge in [-0.25, -0.2) is 4.99 Å². The first-order valence-electron chi connectivity index (χ1n) is 16.5. The van der Waals surface area contributed by atoms with Crippen LogP contribution in [0.25, 0.3) is 77.2 Å². The molecule has 4 nitrogen and oxygen atoms in total. The highest BCUT2D eigenvalue weighted by Gasteiger charge is 2.27. The van der Waals surface area contributed by atoms with Gasteiger partial charge in [-0.15, -0.1) is 0 Å². The Hall–Kier alpha value is -6.39. The maximum Gasteiger partial charge on any atom is 0.201 e. The van der Waals surface area contributed by atoms with Gasteiger partial charge in [0, 0.05) is 37.9 Å². The molecular weight excluding hydrogens is 585 g/mol. The molecule has 0 aliphatic carbocycles. The van der Waals surface area contributed by atoms with E-state index >= 15 is 0 Å². The molecule has 2 aliphatic heterocycles. The van der Waals surface area contributed by atoms with Crippen LogP contribution in [0.4, 0.5) is 0 Å². The third kappa shape index (κ3) is 3.41. The second-order valence-electron chi connectivity index (χ2n) is 12.8. The summed E-state index contributed by atoms with van der Waals surface area (Å²) in [5.74, 6) is 0. The van der Waals surface area contributed by atoms with E-state index in [1.165, 1.54) is 60.5 Å². The number of nitrogens with zero attached hydrogens (tertiary/aromatic N) is 3. The van der Waals surface area contributed by atoms with Crippen molar-refractivity contribution in [3.05, 3.63) is 174 Å². The van der Waals surface area contributed by atoms with E-state index in [1.807, 2.05) is 0 Å². The van der Waals surface area contributed by atoms with Gasteiger partial charge in [-0.05, 0) is 53.1 Å². The summed E-state index contributed by atoms with van der Waals surface area (Å²) in [6.07, 6.45) is -0.335. The van der Waals surface area contributed by atoms with Gasteiger partial charge in [0.2, 0.25) is 6.29 Å². The van der Waals surface area contributed by atoms with E-state index in [0.29, 0.717) is 0 Å². The molecular formula is C44H28N4. The molecule has 1 unspecified atom stereocenters. The van der Waals surface area contributed by atoms with Crippen molar-refractivity contribution < 1.29 is 0 Å². The fourth-order valence-electron chi connectivity index (χ4n) is 8.27. The van der Waals surface area contributed by atoms with Crippen molar-refractivity contribution in [3.63, 3.8) is 0 Å². The normalized spacial score (nSPS) is 14.8. The van der Waals surface area contributed by atoms with Crippen molar-refractivity contribution in [1.29, 1.82) is 0 Å². The monoisotopic (exact) mass is 612 g/mol. The van der Waals surface area contributed by atoms with E-state index in [4.69, 9.17) is 4.99 Å². The Bertz CT molecular complexity index is 2930. The van der Waals surface area contributed by atoms with Gasteiger partial charge in [-0.1, -0.05) is 121 Å². The van der Waals surface area contributed by atoms with Gasteiger partial charge in [0.15, 0.2) is 0 Å². The summed E-state index contributed by atoms with van der Waals surface area (Å²) in [7, 11) is 0. The lowest BCUT2D eigenvalue weighted by atomic mass is 9.92. The summed E-state index contributed by atoms with van der Waals surface area (Å²) >= 11 is 0. The van der Waals surface area contributed by atoms with E-state index in [0.717, 1.165) is 32.9 Å². The molecule has 0 amide bonds. The summed E-state index contributed by atoms with van der Waals surface area (Å²) < 4.78 is 4.87. The van der Waals surface area contributed by atoms with Gasteiger partial charge >= 0.3 is 0 Å². The lowest BCUT2D eigenvalue weighted by molar-refractivity contribution is 0.489. The van der Waals surface area contributed by atoms with Crippen LogP contribution in [0.1, 0.15) is 11.9 Å². The molecule has 9 aromatic rings. The number of nitrogens with one attached hydrogen (secondary N) is 1. The van der Waals surface area contributed by atoms with Gasteiger partial charge in [0.25, 0.3) is 0 Å². The number of hydrogen-bond donors (Lipinski definition) is 1. The minimum Gasteiger partial charge on any atom is -0.345 e. The molecule has 0 spiro atoms. The predicted octanol–water partition coefficient (Wildman–Crippen LogP) is 9.07. The second kappa shape index (κ2) is 9.57. The molecule has 0 saturated carbocycles. The Balaban J connectivity index is 1.24. The van der Waals surface area contributed by atoms with E-state index in [2.05, 4.69) is 172 Å². The average Bonchev–Trinajstić information content (AvgIpc) is 3.63. The van der Waals surface area contributed by atoms with Crippen LogP contribution >= 0.6 is 0 Å². The number of benzene rings is 7. The maximum absolute atomic E-state index is 5.36. The highest BCUT2D eigenvalue weighted by atomic mass is 15.3. The van der Waals surface area contributed by atoms with E-state index in [9.17, 15) is 0 Å². The van der Waals surface area contributed by atoms with Crippen molar-refractivity contribution in [2.75, 3.05) is 0 Å². The zero-order chi connectivity index (χ0) is 31.3. The van der Waals surface area contributed by atoms with E-state index in [-0.39, 0.29) is 6.29 Å². The Morgan fingerprint density at radius 2 is 1.15 bits per heavy atom. The summed E-state index contributed by atoms with van der Waals surface area (Å²) in [4.78, 5) is 5.36. The molecule has 0 bridgehead atoms. The van der Waals surface area contributed by atoms with Crippen LogP contribution in [0.2, 0.25) is 0 Å². The highest BCUT2D eigenvalue weighted by molar-refractivity contribution is 6.19. The first-order valence-corrected chi connectivity index (χ1v) is 16.5. The smallest absolute Gasteiger partial charge is 0.201 e. The molecule has 224 valence electrons. The molecule has 4 heterocycles. The minimum atomic E-state index is -0.335. The number of aromatic nitrogens is 2. The Morgan fingerprint density at radius 3 is 2.04 bits per heavy atom. The van der Waals surface area contributed by atoms with Crippen LogP contribution in [0.3, 0.4) is 0 Å². The molecule has 0 saturated heterocycles. The fraction of sp³-hybridized carbons (Fsp3) is 0.0227. The number of para-hydroxylation sites is 5. The molecule has 0 fully saturated rings. The van der Waals surface area contributed by atoms with Crippen LogP contribution in [-0.2, 0) is 0 Å². The van der Waals surface area contributed by atoms with Gasteiger partial charge in [0.05, 0.1) is 38.8 Å². The molecule has 4 heteroatoms. The largest absolute Gasteiger partial charge is 0.345 e. The Morgan fingerprint density at radius 1 is 0.479 bits per heavy atom. The second-order valence-corrected chi connectivity index (χ2v) is 12.8. The van der Waals surface area contributed by atoms with E-state index < -0.39 is 0 Å². The third-order valence-electron chi connectivity index (χ3n) is 10.3. The predicted molar refractivity (Wildman–Crippen MR) is 197 cm³/mol. The summed E-state index contributed by atoms with van der Waals surface area (Å²) in [6.45, 7) is 0. The van der Waals surface area contributed by atoms with Gasteiger partial charge in [-0.2, -0.15) is 0 Å². The molecule has 1 N–H and O–H groups in total. The van der Waals surface area contributed by atoms with Crippen molar-refractivity contribution in [3.8, 4) is 27.9 Å². The van der Waals surface area contributed by atoms with Crippen molar-refractivity contribution in [2.45, 2.75) is 6.29 Å². The van der Waals surface area contributed by atoms with E-state index in [1.54, 1.807) is 0 Å². The lowest BCUT2D eigenvalue weighted by Crippen LogP contribution is -2.41. The van der Waals surface area contributed by atoms with Crippen molar-refractivity contribution in [1.82, 2.24) is 14.5 Å². The lowest BCUT2D eigenvalue weighted by Gasteiger charge is -2.25. The molecule has 1 atom stereocenters. The Labute approximate surface area is 276 Å². The first kappa shape index (κ1) is 25.8. The topological polar surface area (TPSA) is 34.2 Å². The number of hydrogen-bond acceptors (Lipinski definition) is 2. The zero-order valence-electron chi connectivity index (χ0n) is 25.9. The fourth-order valence-corrected chi connectivity index (χ4v) is 8.27. The maximum atomic E-state index is 5.36. The molecule has 2 aliphatic rings. The molecule has 0 radical (unpaired) electrons. The summed E-state index contributed by atoms with van der Waals surface area (Å²) in [6, 6.07) is 57.1. The first-order chi connectivity index (χ1) is 23.8. The van der Waals surface area contributed by atoms with Crippen LogP contribution < -0.4 is 15.9 Å². The van der Waals surface area contributed by atoms with Gasteiger partial charge in [-0.3, -0.25) is 0 Å². The molecule has 11 rings (SSSR count). The minimum absolute atomic E-state index is 0.335. The van der Waals surface area contributed by atoms with Gasteiger partial charge in [0.1, 0.15) is 0 Å². The summed E-state index contributed by atoms with van der Waals surface area (Å²) in [5, 5.41) is 11.0. The molecule has 48 heavy (non-hydrogen) atoms. The average molecular weight is 613 g/mol. The third-order valence-corrected chi connectivity index (χ3v) is 10.3. The van der Waals surface area contributed by atoms with Crippen LogP contribution in [0, 0.1) is 0 Å². The Kier molecular flexibility index (Phi) is 5.13. The molecule has 2 aromatic heterocycles. The van der Waals surface area contributed by atoms with Crippen LogP contribution in [0.15, 0.2) is 163 Å². The summed E-state index contributed by atoms with van der Waals surface area (Å²) in [5.41, 5.74) is 13.2. The SMILES string of the molecule is c1ccc(C2=c3ccccc3=NC(n3c4ccccc4c4cc5c(cc43)-c3ccccc3-n3c4ccccc4c4cccc-5c43)N2)cc1. The van der Waals surface area contributed by atoms with Crippen LogP contribution in [0.5, 0.6) is 0 Å². The van der Waals surface area contributed by atoms with Gasteiger partial charge < -0.3 is 14.5 Å². The molecule has 7 aromatic carbocycles. The van der Waals surface area contributed by atoms with Crippen molar-refractivity contribution >= 4 is 49.3 Å². The van der Waals surface area contributed by atoms with Crippen LogP contribution in [-0.4, -0.2) is 9.13 Å².